The van der Waals surface area contributed by atoms with Gasteiger partial charge < -0.3 is 5.32 Å². The normalized spacial score (nSPS) is 17.4. The summed E-state index contributed by atoms with van der Waals surface area (Å²) in [6.07, 6.45) is 3.48. The molecule has 144 valence electrons. The molecule has 1 N–H and O–H groups in total. The van der Waals surface area contributed by atoms with E-state index in [0.29, 0.717) is 12.0 Å². The predicted octanol–water partition coefficient (Wildman–Crippen LogP) is 4.77. The maximum atomic E-state index is 12.7. The van der Waals surface area contributed by atoms with Crippen LogP contribution >= 0.6 is 0 Å². The molecular weight excluding hydrogens is 332 g/mol. The van der Waals surface area contributed by atoms with Crippen molar-refractivity contribution in [3.05, 3.63) is 59.7 Å². The summed E-state index contributed by atoms with van der Waals surface area (Å²) in [4.78, 5) is 15.1. The monoisotopic (exact) mass is 364 g/mol. The first-order valence-corrected chi connectivity index (χ1v) is 10.3. The molecule has 0 bridgehead atoms. The summed E-state index contributed by atoms with van der Waals surface area (Å²) in [5.41, 5.74) is 4.36. The van der Waals surface area contributed by atoms with Crippen LogP contribution in [0.1, 0.15) is 49.5 Å². The molecule has 3 nitrogen and oxygen atoms in total. The summed E-state index contributed by atoms with van der Waals surface area (Å²) in [5, 5.41) is 3.14. The van der Waals surface area contributed by atoms with Gasteiger partial charge in [0.25, 0.3) is 5.91 Å². The number of hydrogen-bond acceptors (Lipinski definition) is 2. The topological polar surface area (TPSA) is 32.3 Å². The van der Waals surface area contributed by atoms with Crippen LogP contribution in [0.2, 0.25) is 0 Å². The fourth-order valence-electron chi connectivity index (χ4n) is 4.04. The number of likely N-dealkylation sites (N-methyl/N-ethyl adjacent to an activating group) is 1. The van der Waals surface area contributed by atoms with Crippen molar-refractivity contribution in [1.29, 1.82) is 0 Å². The first-order chi connectivity index (χ1) is 13.1. The first kappa shape index (κ1) is 19.6. The van der Waals surface area contributed by atoms with Crippen molar-refractivity contribution in [2.24, 2.45) is 5.92 Å². The molecule has 1 fully saturated rings. The van der Waals surface area contributed by atoms with E-state index >= 15 is 0 Å². The third-order valence-electron chi connectivity index (χ3n) is 5.43. The fraction of sp³-hybridized carbons (Fsp3) is 0.458. The highest BCUT2D eigenvalue weighted by molar-refractivity contribution is 5.95. The number of carbonyl (C=O) groups excluding carboxylic acids is 1. The second-order valence-corrected chi connectivity index (χ2v) is 8.01. The Morgan fingerprint density at radius 2 is 1.89 bits per heavy atom. The van der Waals surface area contributed by atoms with E-state index < -0.39 is 0 Å². The zero-order chi connectivity index (χ0) is 19.2. The van der Waals surface area contributed by atoms with Gasteiger partial charge in [0.2, 0.25) is 0 Å². The van der Waals surface area contributed by atoms with Gasteiger partial charge in [0.15, 0.2) is 0 Å². The molecule has 1 unspecified atom stereocenters. The minimum absolute atomic E-state index is 0.0261. The van der Waals surface area contributed by atoms with Crippen LogP contribution in [-0.4, -0.2) is 36.5 Å². The van der Waals surface area contributed by atoms with E-state index in [2.05, 4.69) is 61.3 Å². The lowest BCUT2D eigenvalue weighted by Gasteiger charge is -2.22. The molecule has 1 atom stereocenters. The van der Waals surface area contributed by atoms with Crippen LogP contribution in [0.4, 0.5) is 0 Å². The average molecular weight is 365 g/mol. The second-order valence-electron chi connectivity index (χ2n) is 8.01. The molecule has 1 amide bonds. The maximum absolute atomic E-state index is 12.7. The Balaban J connectivity index is 1.69. The zero-order valence-electron chi connectivity index (χ0n) is 16.9. The SMILES string of the molecule is CCN1CCCC1CNC(=O)c1cccc(-c2cccc(CC(C)C)c2)c1. The predicted molar refractivity (Wildman–Crippen MR) is 113 cm³/mol. The van der Waals surface area contributed by atoms with E-state index in [1.807, 2.05) is 18.2 Å². The van der Waals surface area contributed by atoms with Gasteiger partial charge >= 0.3 is 0 Å². The summed E-state index contributed by atoms with van der Waals surface area (Å²) >= 11 is 0. The van der Waals surface area contributed by atoms with Crippen molar-refractivity contribution in [3.8, 4) is 11.1 Å². The Morgan fingerprint density at radius 3 is 2.63 bits per heavy atom. The Bertz CT molecular complexity index is 768. The molecule has 3 heteroatoms. The van der Waals surface area contributed by atoms with Gasteiger partial charge in [0.1, 0.15) is 0 Å². The van der Waals surface area contributed by atoms with E-state index in [-0.39, 0.29) is 5.91 Å². The van der Waals surface area contributed by atoms with E-state index in [1.165, 1.54) is 24.0 Å². The molecule has 1 heterocycles. The largest absolute Gasteiger partial charge is 0.350 e. The Kier molecular flexibility index (Phi) is 6.68. The van der Waals surface area contributed by atoms with Crippen LogP contribution in [0.15, 0.2) is 48.5 Å². The maximum Gasteiger partial charge on any atom is 0.251 e. The molecule has 0 aromatic heterocycles. The van der Waals surface area contributed by atoms with Crippen molar-refractivity contribution in [1.82, 2.24) is 10.2 Å². The number of benzene rings is 2. The van der Waals surface area contributed by atoms with Crippen LogP contribution in [0.5, 0.6) is 0 Å². The standard InChI is InChI=1S/C24H32N2O/c1-4-26-13-7-12-23(26)17-25-24(27)22-11-6-10-21(16-22)20-9-5-8-19(15-20)14-18(2)3/h5-6,8-11,15-16,18,23H,4,7,12-14,17H2,1-3H3,(H,25,27). The molecule has 3 rings (SSSR count). The highest BCUT2D eigenvalue weighted by Gasteiger charge is 2.23. The van der Waals surface area contributed by atoms with Crippen LogP contribution < -0.4 is 5.32 Å². The van der Waals surface area contributed by atoms with Crippen molar-refractivity contribution in [2.75, 3.05) is 19.6 Å². The van der Waals surface area contributed by atoms with Crippen molar-refractivity contribution < 1.29 is 4.79 Å². The molecule has 2 aromatic rings. The molecule has 0 saturated carbocycles. The molecule has 1 aliphatic rings. The quantitative estimate of drug-likeness (QED) is 0.768. The van der Waals surface area contributed by atoms with Gasteiger partial charge in [-0.25, -0.2) is 0 Å². The van der Waals surface area contributed by atoms with E-state index in [1.54, 1.807) is 0 Å². The molecule has 2 aromatic carbocycles. The van der Waals surface area contributed by atoms with Crippen LogP contribution in [-0.2, 0) is 6.42 Å². The van der Waals surface area contributed by atoms with Crippen molar-refractivity contribution >= 4 is 5.91 Å². The van der Waals surface area contributed by atoms with Gasteiger partial charge in [-0.2, -0.15) is 0 Å². The molecule has 27 heavy (non-hydrogen) atoms. The first-order valence-electron chi connectivity index (χ1n) is 10.3. The minimum atomic E-state index is 0.0261. The number of nitrogens with one attached hydrogen (secondary N) is 1. The fourth-order valence-corrected chi connectivity index (χ4v) is 4.04. The highest BCUT2D eigenvalue weighted by Crippen LogP contribution is 2.23. The Labute approximate surface area is 163 Å². The third-order valence-corrected chi connectivity index (χ3v) is 5.43. The molecule has 1 aliphatic heterocycles. The van der Waals surface area contributed by atoms with E-state index in [9.17, 15) is 4.79 Å². The molecule has 0 aliphatic carbocycles. The summed E-state index contributed by atoms with van der Waals surface area (Å²) < 4.78 is 0. The zero-order valence-corrected chi connectivity index (χ0v) is 16.9. The van der Waals surface area contributed by atoms with Gasteiger partial charge in [-0.15, -0.1) is 0 Å². The van der Waals surface area contributed by atoms with Gasteiger partial charge in [-0.3, -0.25) is 9.69 Å². The summed E-state index contributed by atoms with van der Waals surface area (Å²) in [6, 6.07) is 17.1. The lowest BCUT2D eigenvalue weighted by Crippen LogP contribution is -2.40. The van der Waals surface area contributed by atoms with Gasteiger partial charge in [-0.1, -0.05) is 57.2 Å². The highest BCUT2D eigenvalue weighted by atomic mass is 16.1. The number of nitrogens with zero attached hydrogens (tertiary/aromatic N) is 1. The van der Waals surface area contributed by atoms with Gasteiger partial charge in [0.05, 0.1) is 0 Å². The van der Waals surface area contributed by atoms with E-state index in [4.69, 9.17) is 0 Å². The Hall–Kier alpha value is -2.13. The number of carbonyl (C=O) groups is 1. The van der Waals surface area contributed by atoms with Crippen LogP contribution in [0, 0.1) is 5.92 Å². The van der Waals surface area contributed by atoms with Gasteiger partial charge in [0, 0.05) is 18.2 Å². The average Bonchev–Trinajstić information content (AvgIpc) is 3.13. The smallest absolute Gasteiger partial charge is 0.251 e. The van der Waals surface area contributed by atoms with E-state index in [0.717, 1.165) is 37.2 Å². The summed E-state index contributed by atoms with van der Waals surface area (Å²) in [6.45, 7) is 9.61. The van der Waals surface area contributed by atoms with Crippen molar-refractivity contribution in [3.63, 3.8) is 0 Å². The number of amides is 1. The lowest BCUT2D eigenvalue weighted by molar-refractivity contribution is 0.0941. The number of rotatable bonds is 7. The summed E-state index contributed by atoms with van der Waals surface area (Å²) in [5.74, 6) is 0.661. The minimum Gasteiger partial charge on any atom is -0.350 e. The molecule has 0 radical (unpaired) electrons. The third kappa shape index (κ3) is 5.20. The van der Waals surface area contributed by atoms with Gasteiger partial charge in [-0.05, 0) is 67.1 Å². The Morgan fingerprint density at radius 1 is 1.15 bits per heavy atom. The number of hydrogen-bond donors (Lipinski definition) is 1. The number of likely N-dealkylation sites (tertiary alicyclic amines) is 1. The lowest BCUT2D eigenvalue weighted by atomic mass is 9.97. The molecular formula is C24H32N2O. The summed E-state index contributed by atoms with van der Waals surface area (Å²) in [7, 11) is 0. The molecule has 0 spiro atoms. The molecule has 1 saturated heterocycles. The van der Waals surface area contributed by atoms with Crippen LogP contribution in [0.25, 0.3) is 11.1 Å². The van der Waals surface area contributed by atoms with Crippen molar-refractivity contribution in [2.45, 2.75) is 46.1 Å². The van der Waals surface area contributed by atoms with Crippen LogP contribution in [0.3, 0.4) is 0 Å². The second kappa shape index (κ2) is 9.18.